The van der Waals surface area contributed by atoms with Gasteiger partial charge < -0.3 is 10.6 Å². The molecule has 0 spiro atoms. The average molecular weight is 242 g/mol. The Balaban J connectivity index is 2.43. The fraction of sp³-hybridized carbons (Fsp3) is 0.375. The van der Waals surface area contributed by atoms with E-state index in [0.29, 0.717) is 6.04 Å². The first kappa shape index (κ1) is 13.1. The minimum atomic E-state index is 0.444. The summed E-state index contributed by atoms with van der Waals surface area (Å²) in [7, 11) is 4.28. The smallest absolute Gasteiger partial charge is 0.0348 e. The van der Waals surface area contributed by atoms with E-state index >= 15 is 0 Å². The Morgan fingerprint density at radius 1 is 1.06 bits per heavy atom. The molecule has 0 saturated carbocycles. The van der Waals surface area contributed by atoms with Crippen LogP contribution in [0.4, 0.5) is 0 Å². The van der Waals surface area contributed by atoms with Crippen LogP contribution in [0.3, 0.4) is 0 Å². The molecule has 0 bridgehead atoms. The van der Waals surface area contributed by atoms with Crippen LogP contribution in [0.25, 0.3) is 10.8 Å². The lowest BCUT2D eigenvalue weighted by Gasteiger charge is -2.26. The van der Waals surface area contributed by atoms with E-state index < -0.39 is 0 Å². The fourth-order valence-corrected chi connectivity index (χ4v) is 2.54. The molecule has 1 unspecified atom stereocenters. The summed E-state index contributed by atoms with van der Waals surface area (Å²) in [6.45, 7) is 0.759. The lowest BCUT2D eigenvalue weighted by molar-refractivity contribution is 0.282. The first-order valence-electron chi connectivity index (χ1n) is 6.58. The Bertz CT molecular complexity index is 500. The zero-order valence-corrected chi connectivity index (χ0v) is 11.3. The third-order valence-electron chi connectivity index (χ3n) is 3.49. The van der Waals surface area contributed by atoms with Crippen molar-refractivity contribution in [3.05, 3.63) is 48.0 Å². The zero-order chi connectivity index (χ0) is 13.0. The summed E-state index contributed by atoms with van der Waals surface area (Å²) in [6.07, 6.45) is 2.17. The topological polar surface area (TPSA) is 29.3 Å². The van der Waals surface area contributed by atoms with E-state index in [4.69, 9.17) is 5.73 Å². The lowest BCUT2D eigenvalue weighted by Crippen LogP contribution is -2.21. The van der Waals surface area contributed by atoms with Crippen LogP contribution in [0.1, 0.15) is 24.4 Å². The molecule has 2 aromatic carbocycles. The number of benzene rings is 2. The quantitative estimate of drug-likeness (QED) is 0.872. The predicted octanol–water partition coefficient (Wildman–Crippen LogP) is 3.18. The van der Waals surface area contributed by atoms with Crippen LogP contribution in [-0.2, 0) is 0 Å². The van der Waals surface area contributed by atoms with Crippen LogP contribution in [0.2, 0.25) is 0 Å². The molecule has 0 heterocycles. The van der Waals surface area contributed by atoms with Crippen LogP contribution in [-0.4, -0.2) is 25.5 Å². The monoisotopic (exact) mass is 242 g/mol. The second kappa shape index (κ2) is 5.98. The first-order chi connectivity index (χ1) is 8.74. The summed E-state index contributed by atoms with van der Waals surface area (Å²) in [5.41, 5.74) is 7.06. The van der Waals surface area contributed by atoms with Gasteiger partial charge in [0.25, 0.3) is 0 Å². The number of rotatable bonds is 5. The van der Waals surface area contributed by atoms with Gasteiger partial charge in [-0.2, -0.15) is 0 Å². The van der Waals surface area contributed by atoms with Crippen molar-refractivity contribution in [2.75, 3.05) is 20.6 Å². The van der Waals surface area contributed by atoms with E-state index in [1.807, 2.05) is 0 Å². The molecule has 1 atom stereocenters. The van der Waals surface area contributed by atoms with Crippen molar-refractivity contribution in [2.24, 2.45) is 5.73 Å². The highest BCUT2D eigenvalue weighted by Gasteiger charge is 2.15. The van der Waals surface area contributed by atoms with Gasteiger partial charge in [0.05, 0.1) is 0 Å². The van der Waals surface area contributed by atoms with E-state index in [9.17, 15) is 0 Å². The molecule has 0 saturated heterocycles. The highest BCUT2D eigenvalue weighted by molar-refractivity contribution is 5.86. The number of fused-ring (bicyclic) bond motifs is 1. The van der Waals surface area contributed by atoms with Gasteiger partial charge in [0, 0.05) is 6.04 Å². The van der Waals surface area contributed by atoms with Crippen molar-refractivity contribution in [1.29, 1.82) is 0 Å². The van der Waals surface area contributed by atoms with Crippen LogP contribution in [0.15, 0.2) is 42.5 Å². The predicted molar refractivity (Wildman–Crippen MR) is 78.7 cm³/mol. The summed E-state index contributed by atoms with van der Waals surface area (Å²) in [5.74, 6) is 0. The summed E-state index contributed by atoms with van der Waals surface area (Å²) in [4.78, 5) is 2.29. The molecule has 0 fully saturated rings. The molecule has 0 radical (unpaired) electrons. The minimum Gasteiger partial charge on any atom is -0.330 e. The van der Waals surface area contributed by atoms with Crippen molar-refractivity contribution in [3.8, 4) is 0 Å². The Kier molecular flexibility index (Phi) is 4.34. The molecule has 2 rings (SSSR count). The van der Waals surface area contributed by atoms with Crippen molar-refractivity contribution in [2.45, 2.75) is 18.9 Å². The molecule has 2 heteroatoms. The van der Waals surface area contributed by atoms with Crippen LogP contribution >= 0.6 is 0 Å². The largest absolute Gasteiger partial charge is 0.330 e. The van der Waals surface area contributed by atoms with Crippen LogP contribution in [0.5, 0.6) is 0 Å². The zero-order valence-electron chi connectivity index (χ0n) is 11.3. The minimum absolute atomic E-state index is 0.444. The van der Waals surface area contributed by atoms with Gasteiger partial charge in [-0.1, -0.05) is 42.5 Å². The lowest BCUT2D eigenvalue weighted by atomic mass is 9.95. The number of nitrogens with zero attached hydrogens (tertiary/aromatic N) is 1. The maximum atomic E-state index is 5.65. The van der Waals surface area contributed by atoms with E-state index in [0.717, 1.165) is 19.4 Å². The Labute approximate surface area is 109 Å². The third-order valence-corrected chi connectivity index (χ3v) is 3.49. The van der Waals surface area contributed by atoms with Gasteiger partial charge >= 0.3 is 0 Å². The molecular weight excluding hydrogens is 220 g/mol. The first-order valence-corrected chi connectivity index (χ1v) is 6.58. The molecule has 0 aliphatic heterocycles. The summed E-state index contributed by atoms with van der Waals surface area (Å²) < 4.78 is 0. The van der Waals surface area contributed by atoms with Crippen molar-refractivity contribution in [3.63, 3.8) is 0 Å². The normalized spacial score (nSPS) is 13.1. The van der Waals surface area contributed by atoms with Crippen molar-refractivity contribution < 1.29 is 0 Å². The summed E-state index contributed by atoms with van der Waals surface area (Å²) in [5, 5.41) is 2.67. The molecule has 2 nitrogen and oxygen atoms in total. The van der Waals surface area contributed by atoms with Crippen molar-refractivity contribution >= 4 is 10.8 Å². The van der Waals surface area contributed by atoms with Gasteiger partial charge in [0.2, 0.25) is 0 Å². The van der Waals surface area contributed by atoms with E-state index in [-0.39, 0.29) is 0 Å². The molecule has 0 aliphatic rings. The Hall–Kier alpha value is -1.38. The molecule has 0 aliphatic carbocycles. The fourth-order valence-electron chi connectivity index (χ4n) is 2.54. The molecular formula is C16H22N2. The van der Waals surface area contributed by atoms with Gasteiger partial charge in [0.1, 0.15) is 0 Å². The van der Waals surface area contributed by atoms with Crippen LogP contribution in [0, 0.1) is 0 Å². The second-order valence-electron chi connectivity index (χ2n) is 4.98. The maximum Gasteiger partial charge on any atom is 0.0348 e. The summed E-state index contributed by atoms with van der Waals surface area (Å²) in [6, 6.07) is 15.6. The van der Waals surface area contributed by atoms with Crippen molar-refractivity contribution in [1.82, 2.24) is 4.90 Å². The number of hydrogen-bond acceptors (Lipinski definition) is 2. The van der Waals surface area contributed by atoms with Gasteiger partial charge in [-0.3, -0.25) is 0 Å². The SMILES string of the molecule is CN(C)C(CCCN)c1cccc2ccccc12. The molecule has 0 amide bonds. The van der Waals surface area contributed by atoms with Gasteiger partial charge in [-0.05, 0) is 49.8 Å². The summed E-state index contributed by atoms with van der Waals surface area (Å²) >= 11 is 0. The molecule has 96 valence electrons. The Morgan fingerprint density at radius 2 is 1.78 bits per heavy atom. The molecule has 2 aromatic rings. The Morgan fingerprint density at radius 3 is 2.50 bits per heavy atom. The van der Waals surface area contributed by atoms with Gasteiger partial charge in [-0.25, -0.2) is 0 Å². The van der Waals surface area contributed by atoms with Crippen LogP contribution < -0.4 is 5.73 Å². The highest BCUT2D eigenvalue weighted by atomic mass is 15.1. The van der Waals surface area contributed by atoms with Gasteiger partial charge in [0.15, 0.2) is 0 Å². The standard InChI is InChI=1S/C16H22N2/c1-18(2)16(11-6-12-17)15-10-5-8-13-7-3-4-9-14(13)15/h3-5,7-10,16H,6,11-12,17H2,1-2H3. The molecule has 2 N–H and O–H groups in total. The maximum absolute atomic E-state index is 5.65. The van der Waals surface area contributed by atoms with E-state index in [1.54, 1.807) is 0 Å². The average Bonchev–Trinajstić information content (AvgIpc) is 2.39. The third kappa shape index (κ3) is 2.71. The molecule has 0 aromatic heterocycles. The van der Waals surface area contributed by atoms with Gasteiger partial charge in [-0.15, -0.1) is 0 Å². The van der Waals surface area contributed by atoms with E-state index in [2.05, 4.69) is 61.5 Å². The number of hydrogen-bond donors (Lipinski definition) is 1. The molecule has 18 heavy (non-hydrogen) atoms. The second-order valence-corrected chi connectivity index (χ2v) is 4.98. The van der Waals surface area contributed by atoms with E-state index in [1.165, 1.54) is 16.3 Å². The number of nitrogens with two attached hydrogens (primary N) is 1. The highest BCUT2D eigenvalue weighted by Crippen LogP contribution is 2.29.